The summed E-state index contributed by atoms with van der Waals surface area (Å²) in [7, 11) is 0. The zero-order chi connectivity index (χ0) is 21.2. The van der Waals surface area contributed by atoms with E-state index >= 15 is 0 Å². The Kier molecular flexibility index (Phi) is 8.67. The standard InChI is InChI=1S/C21H23FN2O4S/c1-3-15-4-8-17(9-5-15)23-19(25)12-28-21(27)14(2)29-13-20(26)24-18-10-6-16(22)7-11-18/h4-11,14H,3,12-13H2,1-2H3,(H,23,25)(H,24,26)/t14-/m1/s1. The minimum absolute atomic E-state index is 0.0175. The maximum Gasteiger partial charge on any atom is 0.319 e. The average molecular weight is 418 g/mol. The van der Waals surface area contributed by atoms with Crippen molar-refractivity contribution in [1.82, 2.24) is 0 Å². The van der Waals surface area contributed by atoms with Crippen LogP contribution in [-0.2, 0) is 25.5 Å². The van der Waals surface area contributed by atoms with E-state index < -0.39 is 29.6 Å². The van der Waals surface area contributed by atoms with Gasteiger partial charge in [0.05, 0.1) is 5.75 Å². The zero-order valence-electron chi connectivity index (χ0n) is 16.2. The van der Waals surface area contributed by atoms with Crippen LogP contribution in [0.15, 0.2) is 48.5 Å². The number of aryl methyl sites for hydroxylation is 1. The molecule has 0 radical (unpaired) electrons. The summed E-state index contributed by atoms with van der Waals surface area (Å²) < 4.78 is 17.9. The number of hydrogen-bond donors (Lipinski definition) is 2. The van der Waals surface area contributed by atoms with Gasteiger partial charge >= 0.3 is 5.97 Å². The number of rotatable bonds is 9. The first kappa shape index (κ1) is 22.4. The van der Waals surface area contributed by atoms with E-state index in [4.69, 9.17) is 4.74 Å². The molecular formula is C21H23FN2O4S. The molecule has 1 atom stereocenters. The van der Waals surface area contributed by atoms with Crippen LogP contribution in [0.4, 0.5) is 15.8 Å². The molecule has 0 fully saturated rings. The van der Waals surface area contributed by atoms with Gasteiger partial charge in [0.15, 0.2) is 6.61 Å². The molecule has 0 saturated carbocycles. The Morgan fingerprint density at radius 2 is 1.52 bits per heavy atom. The highest BCUT2D eigenvalue weighted by molar-refractivity contribution is 8.01. The quantitative estimate of drug-likeness (QED) is 0.608. The Bertz CT molecular complexity index is 841. The fraction of sp³-hybridized carbons (Fsp3) is 0.286. The molecule has 0 aromatic heterocycles. The number of anilines is 2. The van der Waals surface area contributed by atoms with Crippen molar-refractivity contribution in [2.75, 3.05) is 23.0 Å². The lowest BCUT2D eigenvalue weighted by Crippen LogP contribution is -2.26. The lowest BCUT2D eigenvalue weighted by atomic mass is 10.1. The van der Waals surface area contributed by atoms with Crippen LogP contribution in [0.25, 0.3) is 0 Å². The number of benzene rings is 2. The van der Waals surface area contributed by atoms with Gasteiger partial charge in [0, 0.05) is 11.4 Å². The highest BCUT2D eigenvalue weighted by Crippen LogP contribution is 2.14. The molecule has 0 aliphatic rings. The second-order valence-corrected chi connectivity index (χ2v) is 7.54. The third kappa shape index (κ3) is 7.95. The van der Waals surface area contributed by atoms with E-state index in [1.807, 2.05) is 19.1 Å². The van der Waals surface area contributed by atoms with Crippen LogP contribution in [0.1, 0.15) is 19.4 Å². The summed E-state index contributed by atoms with van der Waals surface area (Å²) >= 11 is 1.08. The van der Waals surface area contributed by atoms with Crippen LogP contribution < -0.4 is 10.6 Å². The van der Waals surface area contributed by atoms with Crippen molar-refractivity contribution in [3.8, 4) is 0 Å². The summed E-state index contributed by atoms with van der Waals surface area (Å²) in [6, 6.07) is 12.8. The number of hydrogen-bond acceptors (Lipinski definition) is 5. The van der Waals surface area contributed by atoms with E-state index in [0.29, 0.717) is 11.4 Å². The second-order valence-electron chi connectivity index (χ2n) is 6.21. The van der Waals surface area contributed by atoms with Gasteiger partial charge in [0.25, 0.3) is 5.91 Å². The molecule has 0 saturated heterocycles. The Labute approximate surface area is 173 Å². The lowest BCUT2D eigenvalue weighted by Gasteiger charge is -2.12. The fourth-order valence-electron chi connectivity index (χ4n) is 2.27. The molecule has 0 unspecified atom stereocenters. The number of halogens is 1. The summed E-state index contributed by atoms with van der Waals surface area (Å²) in [5.41, 5.74) is 2.25. The first-order valence-corrected chi connectivity index (χ1v) is 10.1. The third-order valence-electron chi connectivity index (χ3n) is 3.92. The van der Waals surface area contributed by atoms with Gasteiger partial charge < -0.3 is 15.4 Å². The molecule has 2 rings (SSSR count). The smallest absolute Gasteiger partial charge is 0.319 e. The van der Waals surface area contributed by atoms with Crippen LogP contribution in [0.2, 0.25) is 0 Å². The lowest BCUT2D eigenvalue weighted by molar-refractivity contribution is -0.146. The third-order valence-corrected chi connectivity index (χ3v) is 5.04. The van der Waals surface area contributed by atoms with Gasteiger partial charge in [-0.25, -0.2) is 4.39 Å². The van der Waals surface area contributed by atoms with E-state index in [0.717, 1.165) is 23.7 Å². The Morgan fingerprint density at radius 3 is 2.10 bits per heavy atom. The number of carbonyl (C=O) groups is 3. The highest BCUT2D eigenvalue weighted by Gasteiger charge is 2.18. The summed E-state index contributed by atoms with van der Waals surface area (Å²) in [6.07, 6.45) is 0.906. The van der Waals surface area contributed by atoms with Crippen LogP contribution in [0.5, 0.6) is 0 Å². The first-order chi connectivity index (χ1) is 13.9. The van der Waals surface area contributed by atoms with Gasteiger partial charge in [-0.3, -0.25) is 14.4 Å². The van der Waals surface area contributed by atoms with Gasteiger partial charge in [0.1, 0.15) is 11.1 Å². The number of nitrogens with one attached hydrogen (secondary N) is 2. The van der Waals surface area contributed by atoms with E-state index in [1.165, 1.54) is 24.3 Å². The van der Waals surface area contributed by atoms with Gasteiger partial charge in [0.2, 0.25) is 5.91 Å². The molecule has 0 heterocycles. The summed E-state index contributed by atoms with van der Waals surface area (Å²) in [6.45, 7) is 3.24. The van der Waals surface area contributed by atoms with E-state index in [2.05, 4.69) is 10.6 Å². The largest absolute Gasteiger partial charge is 0.455 e. The molecule has 0 aliphatic heterocycles. The van der Waals surface area contributed by atoms with Crippen LogP contribution >= 0.6 is 11.8 Å². The van der Waals surface area contributed by atoms with Crippen LogP contribution in [-0.4, -0.2) is 35.4 Å². The van der Waals surface area contributed by atoms with Crippen LogP contribution in [0, 0.1) is 5.82 Å². The van der Waals surface area contributed by atoms with Gasteiger partial charge in [-0.1, -0.05) is 19.1 Å². The van der Waals surface area contributed by atoms with Crippen molar-refractivity contribution in [3.63, 3.8) is 0 Å². The second kappa shape index (κ2) is 11.2. The van der Waals surface area contributed by atoms with Crippen molar-refractivity contribution in [1.29, 1.82) is 0 Å². The van der Waals surface area contributed by atoms with Crippen LogP contribution in [0.3, 0.4) is 0 Å². The summed E-state index contributed by atoms with van der Waals surface area (Å²) in [4.78, 5) is 35.8. The monoisotopic (exact) mass is 418 g/mol. The zero-order valence-corrected chi connectivity index (χ0v) is 17.1. The highest BCUT2D eigenvalue weighted by atomic mass is 32.2. The Hall–Kier alpha value is -2.87. The summed E-state index contributed by atoms with van der Waals surface area (Å²) in [5, 5.41) is 4.64. The molecular weight excluding hydrogens is 395 g/mol. The molecule has 0 aliphatic carbocycles. The van der Waals surface area contributed by atoms with Crippen molar-refractivity contribution >= 4 is 40.9 Å². The molecule has 2 aromatic rings. The molecule has 6 nitrogen and oxygen atoms in total. The molecule has 2 N–H and O–H groups in total. The predicted molar refractivity (Wildman–Crippen MR) is 112 cm³/mol. The van der Waals surface area contributed by atoms with E-state index in [1.54, 1.807) is 19.1 Å². The topological polar surface area (TPSA) is 84.5 Å². The number of ether oxygens (including phenoxy) is 1. The van der Waals surface area contributed by atoms with Crippen molar-refractivity contribution < 1.29 is 23.5 Å². The predicted octanol–water partition coefficient (Wildman–Crippen LogP) is 3.63. The minimum Gasteiger partial charge on any atom is -0.455 e. The maximum absolute atomic E-state index is 12.9. The van der Waals surface area contributed by atoms with E-state index in [-0.39, 0.29) is 11.7 Å². The fourth-order valence-corrected chi connectivity index (χ4v) is 2.95. The van der Waals surface area contributed by atoms with Gasteiger partial charge in [-0.2, -0.15) is 0 Å². The van der Waals surface area contributed by atoms with Gasteiger partial charge in [-0.15, -0.1) is 11.8 Å². The molecule has 8 heteroatoms. The van der Waals surface area contributed by atoms with E-state index in [9.17, 15) is 18.8 Å². The Morgan fingerprint density at radius 1 is 0.966 bits per heavy atom. The normalized spacial score (nSPS) is 11.4. The number of amides is 2. The molecule has 2 amide bonds. The minimum atomic E-state index is -0.620. The first-order valence-electron chi connectivity index (χ1n) is 9.10. The van der Waals surface area contributed by atoms with Crippen molar-refractivity contribution in [2.24, 2.45) is 0 Å². The van der Waals surface area contributed by atoms with Gasteiger partial charge in [-0.05, 0) is 55.3 Å². The van der Waals surface area contributed by atoms with Crippen molar-refractivity contribution in [2.45, 2.75) is 25.5 Å². The molecule has 0 spiro atoms. The molecule has 29 heavy (non-hydrogen) atoms. The SMILES string of the molecule is CCc1ccc(NC(=O)COC(=O)[C@@H](C)SCC(=O)Nc2ccc(F)cc2)cc1. The molecule has 2 aromatic carbocycles. The number of esters is 1. The number of thioether (sulfide) groups is 1. The van der Waals surface area contributed by atoms with Crippen molar-refractivity contribution in [3.05, 3.63) is 59.9 Å². The number of carbonyl (C=O) groups excluding carboxylic acids is 3. The average Bonchev–Trinajstić information content (AvgIpc) is 2.72. The molecule has 0 bridgehead atoms. The summed E-state index contributed by atoms with van der Waals surface area (Å²) in [5.74, 6) is -1.72. The maximum atomic E-state index is 12.9. The Balaban J connectivity index is 1.68. The molecule has 154 valence electrons.